The highest BCUT2D eigenvalue weighted by molar-refractivity contribution is 6.36. The van der Waals surface area contributed by atoms with Gasteiger partial charge >= 0.3 is 24.7 Å². The smallest absolute Gasteiger partial charge is 0.166 e. The lowest BCUT2D eigenvalue weighted by Crippen LogP contribution is -2.11. The predicted octanol–water partition coefficient (Wildman–Crippen LogP) is 27.9. The monoisotopic (exact) mass is 1250 g/mol. The van der Waals surface area contributed by atoms with Crippen LogP contribution in [0.4, 0.5) is 52.7 Å². The van der Waals surface area contributed by atoms with E-state index in [-0.39, 0.29) is 69.9 Å². The molecule has 480 valence electrons. The van der Waals surface area contributed by atoms with Crippen molar-refractivity contribution in [2.75, 3.05) is 0 Å². The van der Waals surface area contributed by atoms with Crippen molar-refractivity contribution in [3.63, 3.8) is 0 Å². The Hall–Kier alpha value is -6.56. The van der Waals surface area contributed by atoms with E-state index in [1.54, 1.807) is 24.3 Å². The Labute approximate surface area is 523 Å². The maximum absolute atomic E-state index is 15.0. The second-order valence-electron chi connectivity index (χ2n) is 25.0. The average Bonchev–Trinajstić information content (AvgIpc) is 0.694. The maximum Gasteiger partial charge on any atom is 0.416 e. The normalized spacial score (nSPS) is 13.1. The van der Waals surface area contributed by atoms with Gasteiger partial charge in [0.05, 0.1) is 22.3 Å². The Morgan fingerprint density at radius 2 is 0.478 bits per heavy atom. The summed E-state index contributed by atoms with van der Waals surface area (Å²) in [4.78, 5) is 0. The van der Waals surface area contributed by atoms with Crippen LogP contribution in [0.3, 0.4) is 0 Å². The molecule has 0 bridgehead atoms. The highest BCUT2D eigenvalue weighted by atomic mass is 19.4. The third kappa shape index (κ3) is 12.7. The SMILES string of the molecule is CCC(CC)c1cc(C(CC)CC)c(-c2cc3c(-c4cc(C(F)(F)F)cc(C(F)(F)F)c4)ccc4c5cc(-c6c(C(CC)CC)cc(C(CC)CC)cc6C(CC)CC)cc6c(-c7cc(C(F)(F)F)cc(C(F)(F)F)c7)ccc(c(c2)c34)c65)c(C(CC)CC)c1. The Balaban J connectivity index is 1.59. The summed E-state index contributed by atoms with van der Waals surface area (Å²) < 4.78 is 180. The van der Waals surface area contributed by atoms with Crippen molar-refractivity contribution < 1.29 is 52.7 Å². The van der Waals surface area contributed by atoms with Crippen LogP contribution in [0.15, 0.2) is 109 Å². The van der Waals surface area contributed by atoms with Gasteiger partial charge in [-0.2, -0.15) is 52.7 Å². The van der Waals surface area contributed by atoms with Gasteiger partial charge in [-0.05, 0) is 294 Å². The molecule has 0 N–H and O–H groups in total. The van der Waals surface area contributed by atoms with E-state index < -0.39 is 47.0 Å². The molecule has 12 heteroatoms. The molecule has 0 unspecified atom stereocenters. The number of halogens is 12. The summed E-state index contributed by atoms with van der Waals surface area (Å²) in [5.41, 5.74) is 3.70. The molecule has 0 aliphatic rings. The van der Waals surface area contributed by atoms with Crippen molar-refractivity contribution in [2.24, 2.45) is 0 Å². The second-order valence-corrected chi connectivity index (χ2v) is 25.0. The van der Waals surface area contributed by atoms with Gasteiger partial charge in [0.1, 0.15) is 0 Å². The molecular formula is C78H84F12. The van der Waals surface area contributed by atoms with Crippen LogP contribution in [-0.2, 0) is 24.7 Å². The molecule has 9 rings (SSSR count). The Morgan fingerprint density at radius 3 is 0.700 bits per heavy atom. The molecule has 0 fully saturated rings. The van der Waals surface area contributed by atoms with Crippen molar-refractivity contribution in [1.82, 2.24) is 0 Å². The van der Waals surface area contributed by atoms with E-state index in [0.29, 0.717) is 54.2 Å². The minimum Gasteiger partial charge on any atom is -0.166 e. The quantitative estimate of drug-likeness (QED) is 0.0360. The van der Waals surface area contributed by atoms with Crippen LogP contribution >= 0.6 is 0 Å². The van der Waals surface area contributed by atoms with Crippen LogP contribution in [0, 0.1) is 0 Å². The highest BCUT2D eigenvalue weighted by Crippen LogP contribution is 2.54. The van der Waals surface area contributed by atoms with Gasteiger partial charge in [0.2, 0.25) is 0 Å². The molecule has 0 nitrogen and oxygen atoms in total. The fourth-order valence-electron chi connectivity index (χ4n) is 15.1. The van der Waals surface area contributed by atoms with Crippen LogP contribution in [0.1, 0.15) is 251 Å². The van der Waals surface area contributed by atoms with Crippen LogP contribution in [0.5, 0.6) is 0 Å². The standard InChI is InChI=1S/C78H84F12/c1-13-43(14-2)49-33-63(45(17-5)18-6)71(64(34-49)46(19-7)20-8)53-37-67-59(51-29-55(75(79,80)81)41-56(30-51)76(82,83)84)25-28-62-70-40-54(72-65(47(21-9)22-10)35-50(44(15-3)16-4)36-66(72)48(23-11)24-12)38-68-60(26-27-61(74(68)70)69(39-53)73(62)67)52-31-57(77(85,86)87)42-58(32-52)78(88,89)90/h25-48H,13-24H2,1-12H3. The molecule has 0 saturated carbocycles. The van der Waals surface area contributed by atoms with E-state index in [1.165, 1.54) is 11.1 Å². The van der Waals surface area contributed by atoms with Crippen LogP contribution in [0.2, 0.25) is 0 Å². The summed E-state index contributed by atoms with van der Waals surface area (Å²) in [6.07, 6.45) is -11.0. The molecule has 9 aromatic rings. The van der Waals surface area contributed by atoms with Gasteiger partial charge < -0.3 is 0 Å². The zero-order valence-electron chi connectivity index (χ0n) is 53.9. The van der Waals surface area contributed by atoms with Gasteiger partial charge in [-0.25, -0.2) is 0 Å². The van der Waals surface area contributed by atoms with Gasteiger partial charge in [-0.15, -0.1) is 0 Å². The van der Waals surface area contributed by atoms with E-state index in [1.807, 2.05) is 12.1 Å². The Kier molecular flexibility index (Phi) is 20.0. The number of fused-ring (bicyclic) bond motifs is 2. The Bertz CT molecular complexity index is 3620. The Morgan fingerprint density at radius 1 is 0.244 bits per heavy atom. The topological polar surface area (TPSA) is 0 Å². The van der Waals surface area contributed by atoms with Crippen molar-refractivity contribution in [3.8, 4) is 44.5 Å². The molecule has 0 heterocycles. The number of hydrogen-bond acceptors (Lipinski definition) is 0. The van der Waals surface area contributed by atoms with Gasteiger partial charge in [0.15, 0.2) is 0 Å². The summed E-state index contributed by atoms with van der Waals surface area (Å²) in [6, 6.07) is 27.1. The third-order valence-corrected chi connectivity index (χ3v) is 20.2. The molecule has 0 aromatic heterocycles. The van der Waals surface area contributed by atoms with E-state index in [0.717, 1.165) is 135 Å². The molecule has 0 aliphatic heterocycles. The molecular weight excluding hydrogens is 1160 g/mol. The van der Waals surface area contributed by atoms with Crippen LogP contribution in [-0.4, -0.2) is 0 Å². The first-order chi connectivity index (χ1) is 42.6. The molecule has 0 amide bonds. The van der Waals surface area contributed by atoms with E-state index in [9.17, 15) is 0 Å². The average molecular weight is 1250 g/mol. The van der Waals surface area contributed by atoms with E-state index >= 15 is 52.7 Å². The zero-order valence-corrected chi connectivity index (χ0v) is 53.9. The summed E-state index contributed by atoms with van der Waals surface area (Å²) in [5.74, 6) is 0.610. The van der Waals surface area contributed by atoms with Gasteiger partial charge in [0, 0.05) is 0 Å². The fourth-order valence-corrected chi connectivity index (χ4v) is 15.1. The largest absolute Gasteiger partial charge is 0.416 e. The van der Waals surface area contributed by atoms with Crippen LogP contribution < -0.4 is 0 Å². The molecule has 0 aliphatic carbocycles. The van der Waals surface area contributed by atoms with Crippen molar-refractivity contribution >= 4 is 43.1 Å². The van der Waals surface area contributed by atoms with Crippen molar-refractivity contribution in [2.45, 2.75) is 220 Å². The summed E-state index contributed by atoms with van der Waals surface area (Å²) in [5, 5.41) is 4.08. The van der Waals surface area contributed by atoms with Crippen molar-refractivity contribution in [3.05, 3.63) is 165 Å². The summed E-state index contributed by atoms with van der Waals surface area (Å²) in [7, 11) is 0. The number of benzene rings is 9. The molecule has 0 saturated heterocycles. The first-order valence-electron chi connectivity index (χ1n) is 32.8. The van der Waals surface area contributed by atoms with Crippen LogP contribution in [0.25, 0.3) is 87.6 Å². The molecule has 0 atom stereocenters. The lowest BCUT2D eigenvalue weighted by molar-refractivity contribution is -0.144. The lowest BCUT2D eigenvalue weighted by atomic mass is 9.75. The lowest BCUT2D eigenvalue weighted by Gasteiger charge is -2.29. The molecule has 9 aromatic carbocycles. The number of alkyl halides is 12. The third-order valence-electron chi connectivity index (χ3n) is 20.2. The first-order valence-corrected chi connectivity index (χ1v) is 32.8. The van der Waals surface area contributed by atoms with E-state index in [4.69, 9.17) is 0 Å². The molecule has 0 radical (unpaired) electrons. The first kappa shape index (κ1) is 67.8. The predicted molar refractivity (Wildman–Crippen MR) is 349 cm³/mol. The molecule has 90 heavy (non-hydrogen) atoms. The minimum absolute atomic E-state index is 0.0380. The number of hydrogen-bond donors (Lipinski definition) is 0. The second kappa shape index (κ2) is 26.6. The van der Waals surface area contributed by atoms with E-state index in [2.05, 4.69) is 119 Å². The van der Waals surface area contributed by atoms with Crippen molar-refractivity contribution in [1.29, 1.82) is 0 Å². The van der Waals surface area contributed by atoms with Gasteiger partial charge in [-0.1, -0.05) is 132 Å². The minimum atomic E-state index is -5.16. The summed E-state index contributed by atoms with van der Waals surface area (Å²) >= 11 is 0. The molecule has 0 spiro atoms. The van der Waals surface area contributed by atoms with Gasteiger partial charge in [-0.3, -0.25) is 0 Å². The van der Waals surface area contributed by atoms with Gasteiger partial charge in [0.25, 0.3) is 0 Å². The summed E-state index contributed by atoms with van der Waals surface area (Å²) in [6.45, 7) is 25.7. The maximum atomic E-state index is 15.0. The fraction of sp³-hybridized carbons (Fsp3) is 0.436. The number of rotatable bonds is 22. The highest BCUT2D eigenvalue weighted by Gasteiger charge is 2.40. The zero-order chi connectivity index (χ0) is 65.7.